The van der Waals surface area contributed by atoms with Gasteiger partial charge in [0, 0.05) is 14.1 Å². The topological polar surface area (TPSA) is 86.3 Å². The van der Waals surface area contributed by atoms with Crippen LogP contribution in [0, 0.1) is 0 Å². The molecule has 0 amide bonds. The molecule has 0 unspecified atom stereocenters. The molecule has 1 aromatic heterocycles. The molecule has 1 heterocycles. The van der Waals surface area contributed by atoms with Gasteiger partial charge in [-0.2, -0.15) is 4.98 Å². The Morgan fingerprint density at radius 2 is 2.23 bits per heavy atom. The van der Waals surface area contributed by atoms with Gasteiger partial charge in [0.2, 0.25) is 11.9 Å². The Labute approximate surface area is 75.1 Å². The Hall–Kier alpha value is -1.79. The van der Waals surface area contributed by atoms with Crippen LogP contribution in [-0.2, 0) is 4.74 Å². The van der Waals surface area contributed by atoms with Crippen LogP contribution in [0.15, 0.2) is 0 Å². The summed E-state index contributed by atoms with van der Waals surface area (Å²) in [5.41, 5.74) is 5.42. The summed E-state index contributed by atoms with van der Waals surface area (Å²) in [6, 6.07) is 0. The Balaban J connectivity index is 3.03. The summed E-state index contributed by atoms with van der Waals surface area (Å²) in [6.45, 7) is 0. The molecule has 0 radical (unpaired) electrons. The molecule has 0 saturated heterocycles. The molecule has 13 heavy (non-hydrogen) atoms. The maximum atomic E-state index is 11.0. The second kappa shape index (κ2) is 3.30. The zero-order valence-electron chi connectivity index (χ0n) is 7.68. The van der Waals surface area contributed by atoms with E-state index in [2.05, 4.69) is 14.8 Å². The van der Waals surface area contributed by atoms with Gasteiger partial charge in [-0.1, -0.05) is 0 Å². The molecule has 0 aliphatic carbocycles. The van der Waals surface area contributed by atoms with Crippen LogP contribution in [-0.4, -0.2) is 42.1 Å². The fraction of sp³-hybridized carbons (Fsp3) is 0.500. The smallest absolute Gasteiger partial charge is 0.437 e. The number of methoxy groups -OCH3 is 1. The highest BCUT2D eigenvalue weighted by Crippen LogP contribution is 2.07. The molecule has 0 saturated carbocycles. The van der Waals surface area contributed by atoms with E-state index < -0.39 is 6.09 Å². The summed E-state index contributed by atoms with van der Waals surface area (Å²) in [4.78, 5) is 16.5. The number of nitrogens with zero attached hydrogens (tertiary/aromatic N) is 4. The second-order valence-electron chi connectivity index (χ2n) is 2.55. The highest BCUT2D eigenvalue weighted by atomic mass is 16.5. The van der Waals surface area contributed by atoms with Crippen molar-refractivity contribution in [2.24, 2.45) is 0 Å². The Morgan fingerprint density at radius 3 is 2.62 bits per heavy atom. The zero-order chi connectivity index (χ0) is 10.0. The van der Waals surface area contributed by atoms with Crippen LogP contribution in [0.5, 0.6) is 0 Å². The van der Waals surface area contributed by atoms with Crippen LogP contribution < -0.4 is 10.6 Å². The van der Waals surface area contributed by atoms with E-state index in [4.69, 9.17) is 5.73 Å². The van der Waals surface area contributed by atoms with Gasteiger partial charge < -0.3 is 15.4 Å². The zero-order valence-corrected chi connectivity index (χ0v) is 7.68. The lowest BCUT2D eigenvalue weighted by molar-refractivity contribution is 0.170. The summed E-state index contributed by atoms with van der Waals surface area (Å²) >= 11 is 0. The highest BCUT2D eigenvalue weighted by Gasteiger charge is 2.14. The van der Waals surface area contributed by atoms with Gasteiger partial charge in [-0.3, -0.25) is 0 Å². The molecular formula is C6H11N5O2. The average Bonchev–Trinajstić information content (AvgIpc) is 2.46. The van der Waals surface area contributed by atoms with Crippen LogP contribution in [0.2, 0.25) is 0 Å². The second-order valence-corrected chi connectivity index (χ2v) is 2.55. The van der Waals surface area contributed by atoms with Crippen molar-refractivity contribution in [2.45, 2.75) is 0 Å². The molecule has 72 valence electrons. The van der Waals surface area contributed by atoms with E-state index in [1.807, 2.05) is 0 Å². The number of hydrogen-bond acceptors (Lipinski definition) is 6. The Morgan fingerprint density at radius 1 is 1.62 bits per heavy atom. The SMILES string of the molecule is COC(=O)n1nc(N(C)C)nc1N. The van der Waals surface area contributed by atoms with Crippen molar-refractivity contribution < 1.29 is 9.53 Å². The van der Waals surface area contributed by atoms with Crippen LogP contribution in [0.1, 0.15) is 0 Å². The summed E-state index contributed by atoms with van der Waals surface area (Å²) < 4.78 is 5.33. The standard InChI is InChI=1S/C6H11N5O2/c1-10(2)5-8-4(7)11(9-5)6(12)13-3/h1-3H3,(H2,7,8,9). The molecule has 1 rings (SSSR count). The van der Waals surface area contributed by atoms with Crippen molar-refractivity contribution >= 4 is 18.0 Å². The van der Waals surface area contributed by atoms with Gasteiger partial charge in [-0.25, -0.2) is 4.79 Å². The summed E-state index contributed by atoms with van der Waals surface area (Å²) in [6.07, 6.45) is -0.655. The number of nitrogen functional groups attached to an aromatic ring is 1. The van der Waals surface area contributed by atoms with Gasteiger partial charge >= 0.3 is 6.09 Å². The molecule has 0 bridgehead atoms. The molecule has 0 atom stereocenters. The lowest BCUT2D eigenvalue weighted by Gasteiger charge is -2.03. The Kier molecular flexibility index (Phi) is 2.36. The predicted octanol–water partition coefficient (Wildman–Crippen LogP) is -0.459. The van der Waals surface area contributed by atoms with E-state index in [0.717, 1.165) is 4.68 Å². The van der Waals surface area contributed by atoms with Crippen molar-refractivity contribution in [3.05, 3.63) is 0 Å². The molecule has 0 fully saturated rings. The summed E-state index contributed by atoms with van der Waals surface area (Å²) in [5, 5.41) is 3.81. The minimum atomic E-state index is -0.655. The molecule has 0 aliphatic heterocycles. The minimum Gasteiger partial charge on any atom is -0.451 e. The lowest BCUT2D eigenvalue weighted by atomic mass is 10.8. The largest absolute Gasteiger partial charge is 0.451 e. The van der Waals surface area contributed by atoms with E-state index in [1.165, 1.54) is 7.11 Å². The third-order valence-corrected chi connectivity index (χ3v) is 1.37. The van der Waals surface area contributed by atoms with Crippen LogP contribution in [0.3, 0.4) is 0 Å². The van der Waals surface area contributed by atoms with Crippen LogP contribution >= 0.6 is 0 Å². The number of ether oxygens (including phenoxy) is 1. The normalized spacial score (nSPS) is 9.77. The molecular weight excluding hydrogens is 174 g/mol. The van der Waals surface area contributed by atoms with Gasteiger partial charge in [-0.15, -0.1) is 9.78 Å². The van der Waals surface area contributed by atoms with Gasteiger partial charge in [0.05, 0.1) is 7.11 Å². The summed E-state index contributed by atoms with van der Waals surface area (Å²) in [7, 11) is 4.74. The maximum absolute atomic E-state index is 11.0. The number of carbonyl (C=O) groups excluding carboxylic acids is 1. The molecule has 0 aromatic carbocycles. The minimum absolute atomic E-state index is 0.00977. The van der Waals surface area contributed by atoms with Gasteiger partial charge in [-0.05, 0) is 0 Å². The quantitative estimate of drug-likeness (QED) is 0.637. The first-order chi connectivity index (χ1) is 6.06. The van der Waals surface area contributed by atoms with Gasteiger partial charge in [0.1, 0.15) is 0 Å². The van der Waals surface area contributed by atoms with Crippen molar-refractivity contribution in [3.8, 4) is 0 Å². The van der Waals surface area contributed by atoms with E-state index in [9.17, 15) is 4.79 Å². The van der Waals surface area contributed by atoms with E-state index in [0.29, 0.717) is 5.95 Å². The fourth-order valence-corrected chi connectivity index (χ4v) is 0.723. The van der Waals surface area contributed by atoms with Crippen molar-refractivity contribution in [1.82, 2.24) is 14.8 Å². The highest BCUT2D eigenvalue weighted by molar-refractivity contribution is 5.72. The first-order valence-corrected chi connectivity index (χ1v) is 3.54. The average molecular weight is 185 g/mol. The van der Waals surface area contributed by atoms with Crippen molar-refractivity contribution in [1.29, 1.82) is 0 Å². The molecule has 7 heteroatoms. The summed E-state index contributed by atoms with van der Waals surface area (Å²) in [5.74, 6) is 0.374. The van der Waals surface area contributed by atoms with Crippen molar-refractivity contribution in [2.75, 3.05) is 31.8 Å². The van der Waals surface area contributed by atoms with Crippen LogP contribution in [0.25, 0.3) is 0 Å². The van der Waals surface area contributed by atoms with Gasteiger partial charge in [0.25, 0.3) is 0 Å². The monoisotopic (exact) mass is 185 g/mol. The van der Waals surface area contributed by atoms with Crippen molar-refractivity contribution in [3.63, 3.8) is 0 Å². The maximum Gasteiger partial charge on any atom is 0.437 e. The molecule has 0 spiro atoms. The lowest BCUT2D eigenvalue weighted by Crippen LogP contribution is -2.16. The number of anilines is 2. The van der Waals surface area contributed by atoms with E-state index >= 15 is 0 Å². The number of rotatable bonds is 1. The fourth-order valence-electron chi connectivity index (χ4n) is 0.723. The van der Waals surface area contributed by atoms with Gasteiger partial charge in [0.15, 0.2) is 0 Å². The number of nitrogens with two attached hydrogens (primary N) is 1. The first kappa shape index (κ1) is 9.30. The third kappa shape index (κ3) is 1.68. The van der Waals surface area contributed by atoms with Crippen LogP contribution in [0.4, 0.5) is 16.7 Å². The molecule has 7 nitrogen and oxygen atoms in total. The molecule has 2 N–H and O–H groups in total. The predicted molar refractivity (Wildman–Crippen MR) is 46.6 cm³/mol. The molecule has 1 aromatic rings. The first-order valence-electron chi connectivity index (χ1n) is 3.54. The van der Waals surface area contributed by atoms with E-state index in [-0.39, 0.29) is 5.95 Å². The number of hydrogen-bond donors (Lipinski definition) is 1. The third-order valence-electron chi connectivity index (χ3n) is 1.37. The number of aromatic nitrogens is 3. The van der Waals surface area contributed by atoms with E-state index in [1.54, 1.807) is 19.0 Å². The number of carbonyl (C=O) groups is 1. The molecule has 0 aliphatic rings. The Bertz CT molecular complexity index is 319.